The Kier molecular flexibility index (Phi) is 4.19. The van der Waals surface area contributed by atoms with Gasteiger partial charge in [-0.05, 0) is 41.0 Å². The third-order valence-electron chi connectivity index (χ3n) is 2.81. The summed E-state index contributed by atoms with van der Waals surface area (Å²) >= 11 is 3.01. The fraction of sp³-hybridized carbons (Fsp3) is 0.400. The number of nitro groups is 1. The molecular formula is C10H12BrN3O4S. The first-order valence-electron chi connectivity index (χ1n) is 5.57. The third kappa shape index (κ3) is 3.30. The molecule has 1 aliphatic heterocycles. The van der Waals surface area contributed by atoms with Gasteiger partial charge < -0.3 is 5.32 Å². The van der Waals surface area contributed by atoms with Crippen LogP contribution in [0.15, 0.2) is 27.6 Å². The predicted molar refractivity (Wildman–Crippen MR) is 72.4 cm³/mol. The first-order chi connectivity index (χ1) is 8.90. The molecule has 0 aromatic heterocycles. The summed E-state index contributed by atoms with van der Waals surface area (Å²) in [5, 5.41) is 13.7. The van der Waals surface area contributed by atoms with Crippen molar-refractivity contribution < 1.29 is 13.3 Å². The van der Waals surface area contributed by atoms with Crippen molar-refractivity contribution in [2.45, 2.75) is 17.4 Å². The van der Waals surface area contributed by atoms with Gasteiger partial charge in [0, 0.05) is 18.7 Å². The summed E-state index contributed by atoms with van der Waals surface area (Å²) in [7, 11) is -3.65. The van der Waals surface area contributed by atoms with Crippen molar-refractivity contribution >= 4 is 31.6 Å². The molecule has 1 heterocycles. The van der Waals surface area contributed by atoms with Gasteiger partial charge in [-0.25, -0.2) is 13.1 Å². The van der Waals surface area contributed by atoms with E-state index in [-0.39, 0.29) is 21.1 Å². The van der Waals surface area contributed by atoms with Crippen molar-refractivity contribution in [1.29, 1.82) is 0 Å². The van der Waals surface area contributed by atoms with Crippen LogP contribution in [-0.2, 0) is 10.0 Å². The van der Waals surface area contributed by atoms with Crippen LogP contribution in [0.5, 0.6) is 0 Å². The molecule has 9 heteroatoms. The number of nitro benzene ring substituents is 1. The van der Waals surface area contributed by atoms with Crippen LogP contribution in [0.1, 0.15) is 6.42 Å². The average molecular weight is 350 g/mol. The molecule has 0 aliphatic carbocycles. The van der Waals surface area contributed by atoms with Gasteiger partial charge >= 0.3 is 0 Å². The highest BCUT2D eigenvalue weighted by Crippen LogP contribution is 2.27. The number of hydrogen-bond donors (Lipinski definition) is 2. The molecule has 104 valence electrons. The zero-order valence-electron chi connectivity index (χ0n) is 9.80. The number of nitrogens with one attached hydrogen (secondary N) is 2. The Morgan fingerprint density at radius 1 is 1.47 bits per heavy atom. The van der Waals surface area contributed by atoms with Crippen LogP contribution < -0.4 is 10.0 Å². The number of hydrogen-bond acceptors (Lipinski definition) is 5. The number of nitrogens with zero attached hydrogens (tertiary/aromatic N) is 1. The summed E-state index contributed by atoms with van der Waals surface area (Å²) in [4.78, 5) is 10.1. The minimum Gasteiger partial charge on any atom is -0.315 e. The molecule has 0 bridgehead atoms. The van der Waals surface area contributed by atoms with Crippen molar-refractivity contribution in [2.75, 3.05) is 13.1 Å². The lowest BCUT2D eigenvalue weighted by Gasteiger charge is -2.12. The lowest BCUT2D eigenvalue weighted by atomic mass is 10.3. The summed E-state index contributed by atoms with van der Waals surface area (Å²) in [6.07, 6.45) is 0.730. The van der Waals surface area contributed by atoms with Gasteiger partial charge in [0.25, 0.3) is 5.69 Å². The maximum atomic E-state index is 12.1. The SMILES string of the molecule is O=[N+]([O-])c1ccc(S(=O)(=O)NC2CCNC2)cc1Br. The second-order valence-corrected chi connectivity index (χ2v) is 6.75. The molecule has 7 nitrogen and oxygen atoms in total. The summed E-state index contributed by atoms with van der Waals surface area (Å²) in [5.41, 5.74) is -0.165. The molecule has 2 N–H and O–H groups in total. The Balaban J connectivity index is 2.25. The van der Waals surface area contributed by atoms with E-state index in [0.717, 1.165) is 13.0 Å². The van der Waals surface area contributed by atoms with E-state index in [1.165, 1.54) is 18.2 Å². The van der Waals surface area contributed by atoms with Crippen molar-refractivity contribution in [3.05, 3.63) is 32.8 Å². The average Bonchev–Trinajstić information content (AvgIpc) is 2.80. The van der Waals surface area contributed by atoms with Gasteiger partial charge in [-0.15, -0.1) is 0 Å². The quantitative estimate of drug-likeness (QED) is 0.623. The van der Waals surface area contributed by atoms with Crippen LogP contribution in [0.3, 0.4) is 0 Å². The Morgan fingerprint density at radius 3 is 2.74 bits per heavy atom. The topological polar surface area (TPSA) is 101 Å². The second kappa shape index (κ2) is 5.53. The standard InChI is InChI=1S/C10H12BrN3O4S/c11-9-5-8(1-2-10(9)14(15)16)19(17,18)13-7-3-4-12-6-7/h1-2,5,7,12-13H,3-4,6H2. The van der Waals surface area contributed by atoms with Crippen LogP contribution in [0.4, 0.5) is 5.69 Å². The minimum atomic E-state index is -3.65. The molecule has 0 radical (unpaired) electrons. The largest absolute Gasteiger partial charge is 0.315 e. The zero-order chi connectivity index (χ0) is 14.0. The zero-order valence-corrected chi connectivity index (χ0v) is 12.2. The van der Waals surface area contributed by atoms with Crippen molar-refractivity contribution in [2.24, 2.45) is 0 Å². The van der Waals surface area contributed by atoms with Crippen LogP contribution in [-0.4, -0.2) is 32.5 Å². The van der Waals surface area contributed by atoms with E-state index < -0.39 is 14.9 Å². The highest BCUT2D eigenvalue weighted by Gasteiger charge is 2.24. The molecule has 1 saturated heterocycles. The second-order valence-electron chi connectivity index (χ2n) is 4.18. The van der Waals surface area contributed by atoms with Crippen LogP contribution in [0.2, 0.25) is 0 Å². The van der Waals surface area contributed by atoms with Gasteiger partial charge in [0.1, 0.15) is 0 Å². The molecule has 1 aliphatic rings. The first kappa shape index (κ1) is 14.4. The highest BCUT2D eigenvalue weighted by molar-refractivity contribution is 9.10. The maximum Gasteiger partial charge on any atom is 0.283 e. The summed E-state index contributed by atoms with van der Waals surface area (Å²) in [6.45, 7) is 1.37. The van der Waals surface area contributed by atoms with Gasteiger partial charge in [0.15, 0.2) is 0 Å². The van der Waals surface area contributed by atoms with Crippen LogP contribution in [0, 0.1) is 10.1 Å². The fourth-order valence-electron chi connectivity index (χ4n) is 1.85. The Labute approximate surface area is 118 Å². The summed E-state index contributed by atoms with van der Waals surface area (Å²) in [6, 6.07) is 3.50. The van der Waals surface area contributed by atoms with E-state index in [1.807, 2.05) is 0 Å². The molecular weight excluding hydrogens is 338 g/mol. The van der Waals surface area contributed by atoms with Gasteiger partial charge in [0.2, 0.25) is 10.0 Å². The summed E-state index contributed by atoms with van der Waals surface area (Å²) < 4.78 is 26.9. The lowest BCUT2D eigenvalue weighted by molar-refractivity contribution is -0.385. The maximum absolute atomic E-state index is 12.1. The third-order valence-corrected chi connectivity index (χ3v) is 4.96. The number of halogens is 1. The monoisotopic (exact) mass is 349 g/mol. The van der Waals surface area contributed by atoms with Gasteiger partial charge in [-0.3, -0.25) is 10.1 Å². The lowest BCUT2D eigenvalue weighted by Crippen LogP contribution is -2.36. The molecule has 19 heavy (non-hydrogen) atoms. The molecule has 1 aromatic carbocycles. The van der Waals surface area contributed by atoms with E-state index in [4.69, 9.17) is 0 Å². The fourth-order valence-corrected chi connectivity index (χ4v) is 3.82. The molecule has 0 amide bonds. The minimum absolute atomic E-state index is 0.0110. The predicted octanol–water partition coefficient (Wildman–Crippen LogP) is 0.997. The van der Waals surface area contributed by atoms with Crippen molar-refractivity contribution in [1.82, 2.24) is 10.0 Å². The van der Waals surface area contributed by atoms with Crippen LogP contribution >= 0.6 is 15.9 Å². The Morgan fingerprint density at radius 2 is 2.21 bits per heavy atom. The molecule has 1 unspecified atom stereocenters. The number of rotatable bonds is 4. The van der Waals surface area contributed by atoms with E-state index >= 15 is 0 Å². The van der Waals surface area contributed by atoms with Crippen molar-refractivity contribution in [3.8, 4) is 0 Å². The van der Waals surface area contributed by atoms with Crippen LogP contribution in [0.25, 0.3) is 0 Å². The Hall–Kier alpha value is -1.03. The first-order valence-corrected chi connectivity index (χ1v) is 7.85. The van der Waals surface area contributed by atoms with Gasteiger partial charge in [-0.1, -0.05) is 0 Å². The molecule has 0 spiro atoms. The smallest absolute Gasteiger partial charge is 0.283 e. The molecule has 1 atom stereocenters. The normalized spacial score (nSPS) is 19.5. The van der Waals surface area contributed by atoms with E-state index in [1.54, 1.807) is 0 Å². The molecule has 1 aromatic rings. The van der Waals surface area contributed by atoms with Gasteiger partial charge in [-0.2, -0.15) is 0 Å². The summed E-state index contributed by atoms with van der Waals surface area (Å²) in [5.74, 6) is 0. The highest BCUT2D eigenvalue weighted by atomic mass is 79.9. The molecule has 2 rings (SSSR count). The molecule has 1 fully saturated rings. The number of sulfonamides is 1. The van der Waals surface area contributed by atoms with E-state index in [9.17, 15) is 18.5 Å². The van der Waals surface area contributed by atoms with Crippen molar-refractivity contribution in [3.63, 3.8) is 0 Å². The van der Waals surface area contributed by atoms with E-state index in [2.05, 4.69) is 26.0 Å². The number of benzene rings is 1. The van der Waals surface area contributed by atoms with E-state index in [0.29, 0.717) is 6.54 Å². The Bertz CT molecular complexity index is 599. The van der Waals surface area contributed by atoms with Gasteiger partial charge in [0.05, 0.1) is 14.3 Å². The molecule has 0 saturated carbocycles.